The van der Waals surface area contributed by atoms with E-state index in [2.05, 4.69) is 5.16 Å². The van der Waals surface area contributed by atoms with Crippen LogP contribution in [-0.2, 0) is 11.0 Å². The molecule has 0 unspecified atom stereocenters. The molecule has 0 radical (unpaired) electrons. The first kappa shape index (κ1) is 17.2. The molecule has 0 spiro atoms. The van der Waals surface area contributed by atoms with E-state index < -0.39 is 17.7 Å². The zero-order chi connectivity index (χ0) is 18.0. The summed E-state index contributed by atoms with van der Waals surface area (Å²) in [6.45, 7) is 1.70. The molecular formula is C18H12F3NO2S. The van der Waals surface area contributed by atoms with E-state index in [-0.39, 0.29) is 5.56 Å². The fourth-order valence-electron chi connectivity index (χ4n) is 2.27. The highest BCUT2D eigenvalue weighted by Crippen LogP contribution is 2.29. The minimum atomic E-state index is -4.45. The number of alkyl halides is 3. The van der Waals surface area contributed by atoms with Gasteiger partial charge in [-0.3, -0.25) is 0 Å². The van der Waals surface area contributed by atoms with Gasteiger partial charge in [0, 0.05) is 21.0 Å². The summed E-state index contributed by atoms with van der Waals surface area (Å²) in [6.07, 6.45) is -4.45. The maximum atomic E-state index is 12.5. The Morgan fingerprint density at radius 3 is 2.44 bits per heavy atom. The summed E-state index contributed by atoms with van der Waals surface area (Å²) in [5.41, 5.74) is 0.534. The molecule has 7 heteroatoms. The number of fused-ring (bicyclic) bond motifs is 1. The van der Waals surface area contributed by atoms with E-state index in [1.807, 2.05) is 29.6 Å². The lowest BCUT2D eigenvalue weighted by atomic mass is 10.1. The van der Waals surface area contributed by atoms with Crippen molar-refractivity contribution in [2.24, 2.45) is 5.16 Å². The number of thiophene rings is 1. The van der Waals surface area contributed by atoms with Gasteiger partial charge in [-0.05, 0) is 37.3 Å². The van der Waals surface area contributed by atoms with Gasteiger partial charge in [-0.2, -0.15) is 13.2 Å². The Bertz CT molecular complexity index is 943. The van der Waals surface area contributed by atoms with Crippen LogP contribution in [0.4, 0.5) is 13.2 Å². The highest BCUT2D eigenvalue weighted by Gasteiger charge is 2.30. The molecule has 0 saturated heterocycles. The Hall–Kier alpha value is -2.67. The normalized spacial score (nSPS) is 12.4. The molecule has 3 rings (SSSR count). The number of hydrogen-bond donors (Lipinski definition) is 0. The quantitative estimate of drug-likeness (QED) is 0.350. The summed E-state index contributed by atoms with van der Waals surface area (Å²) in [5, 5.41) is 6.73. The van der Waals surface area contributed by atoms with Crippen molar-refractivity contribution in [2.45, 2.75) is 13.1 Å². The van der Waals surface area contributed by atoms with Crippen LogP contribution in [0.3, 0.4) is 0 Å². The molecule has 1 aromatic heterocycles. The van der Waals surface area contributed by atoms with E-state index in [1.165, 1.54) is 0 Å². The molecule has 1 heterocycles. The van der Waals surface area contributed by atoms with Crippen LogP contribution in [0, 0.1) is 0 Å². The van der Waals surface area contributed by atoms with E-state index in [1.54, 1.807) is 18.3 Å². The second kappa shape index (κ2) is 6.68. The minimum absolute atomic E-state index is 0.000253. The second-order valence-electron chi connectivity index (χ2n) is 5.28. The molecule has 0 aliphatic rings. The third kappa shape index (κ3) is 3.71. The Kier molecular flexibility index (Phi) is 4.59. The number of halogens is 3. The molecule has 0 fully saturated rings. The zero-order valence-electron chi connectivity index (χ0n) is 13.0. The van der Waals surface area contributed by atoms with E-state index in [0.717, 1.165) is 39.9 Å². The van der Waals surface area contributed by atoms with Crippen LogP contribution in [0.15, 0.2) is 59.1 Å². The molecule has 0 aliphatic carbocycles. The first-order valence-corrected chi connectivity index (χ1v) is 8.14. The third-order valence-electron chi connectivity index (χ3n) is 3.58. The minimum Gasteiger partial charge on any atom is -0.313 e. The van der Waals surface area contributed by atoms with Crippen LogP contribution < -0.4 is 0 Å². The largest absolute Gasteiger partial charge is 0.416 e. The standard InChI is InChI=1S/C18H12F3NO2S/c1-11(15-10-25-16-5-3-2-4-14(15)16)22-24-17(23)12-6-8-13(9-7-12)18(19,20)21/h2-10H,1H3/b22-11+. The number of nitrogens with zero attached hydrogens (tertiary/aromatic N) is 1. The van der Waals surface area contributed by atoms with Gasteiger partial charge < -0.3 is 4.84 Å². The van der Waals surface area contributed by atoms with Gasteiger partial charge in [0.2, 0.25) is 0 Å². The molecular weight excluding hydrogens is 351 g/mol. The summed E-state index contributed by atoms with van der Waals surface area (Å²) in [7, 11) is 0. The predicted octanol–water partition coefficient (Wildman–Crippen LogP) is 5.50. The van der Waals surface area contributed by atoms with Crippen molar-refractivity contribution in [3.8, 4) is 0 Å². The van der Waals surface area contributed by atoms with Crippen LogP contribution >= 0.6 is 11.3 Å². The highest BCUT2D eigenvalue weighted by atomic mass is 32.1. The summed E-state index contributed by atoms with van der Waals surface area (Å²) < 4.78 is 38.7. The summed E-state index contributed by atoms with van der Waals surface area (Å²) in [4.78, 5) is 16.8. The van der Waals surface area contributed by atoms with Crippen LogP contribution in [0.1, 0.15) is 28.4 Å². The smallest absolute Gasteiger partial charge is 0.313 e. The van der Waals surface area contributed by atoms with Gasteiger partial charge >= 0.3 is 12.1 Å². The van der Waals surface area contributed by atoms with Crippen LogP contribution in [0.25, 0.3) is 10.1 Å². The van der Waals surface area contributed by atoms with Crippen LogP contribution in [-0.4, -0.2) is 11.7 Å². The second-order valence-corrected chi connectivity index (χ2v) is 6.19. The number of carbonyl (C=O) groups is 1. The summed E-state index contributed by atoms with van der Waals surface area (Å²) in [5.74, 6) is -0.812. The van der Waals surface area contributed by atoms with Crippen molar-refractivity contribution in [3.63, 3.8) is 0 Å². The fourth-order valence-corrected chi connectivity index (χ4v) is 3.27. The van der Waals surface area contributed by atoms with Crippen molar-refractivity contribution >= 4 is 33.1 Å². The average Bonchev–Trinajstić information content (AvgIpc) is 3.03. The fraction of sp³-hybridized carbons (Fsp3) is 0.111. The maximum absolute atomic E-state index is 12.5. The molecule has 0 atom stereocenters. The number of benzene rings is 2. The van der Waals surface area contributed by atoms with Gasteiger partial charge in [-0.1, -0.05) is 23.4 Å². The van der Waals surface area contributed by atoms with E-state index in [4.69, 9.17) is 4.84 Å². The molecule has 0 amide bonds. The highest BCUT2D eigenvalue weighted by molar-refractivity contribution is 7.17. The van der Waals surface area contributed by atoms with E-state index in [9.17, 15) is 18.0 Å². The number of carbonyl (C=O) groups excluding carboxylic acids is 1. The molecule has 3 aromatic rings. The van der Waals surface area contributed by atoms with Gasteiger partial charge in [-0.15, -0.1) is 11.3 Å². The average molecular weight is 363 g/mol. The number of hydrogen-bond acceptors (Lipinski definition) is 4. The Balaban J connectivity index is 1.75. The predicted molar refractivity (Wildman–Crippen MR) is 90.9 cm³/mol. The van der Waals surface area contributed by atoms with E-state index in [0.29, 0.717) is 5.71 Å². The summed E-state index contributed by atoms with van der Waals surface area (Å²) >= 11 is 1.55. The van der Waals surface area contributed by atoms with Gasteiger partial charge in [0.05, 0.1) is 16.8 Å². The van der Waals surface area contributed by atoms with Crippen molar-refractivity contribution in [1.29, 1.82) is 0 Å². The molecule has 0 bridgehead atoms. The number of oxime groups is 1. The summed E-state index contributed by atoms with van der Waals surface area (Å²) in [6, 6.07) is 11.5. The lowest BCUT2D eigenvalue weighted by Gasteiger charge is -2.06. The molecule has 0 N–H and O–H groups in total. The van der Waals surface area contributed by atoms with E-state index >= 15 is 0 Å². The Labute approximate surface area is 145 Å². The lowest BCUT2D eigenvalue weighted by molar-refractivity contribution is -0.137. The van der Waals surface area contributed by atoms with Crippen molar-refractivity contribution in [1.82, 2.24) is 0 Å². The first-order valence-electron chi connectivity index (χ1n) is 7.26. The van der Waals surface area contributed by atoms with Crippen molar-refractivity contribution in [2.75, 3.05) is 0 Å². The van der Waals surface area contributed by atoms with Gasteiger partial charge in [-0.25, -0.2) is 4.79 Å². The zero-order valence-corrected chi connectivity index (χ0v) is 13.8. The van der Waals surface area contributed by atoms with Gasteiger partial charge in [0.25, 0.3) is 0 Å². The maximum Gasteiger partial charge on any atom is 0.416 e. The van der Waals surface area contributed by atoms with Crippen molar-refractivity contribution in [3.05, 3.63) is 70.6 Å². The molecule has 25 heavy (non-hydrogen) atoms. The lowest BCUT2D eigenvalue weighted by Crippen LogP contribution is -2.07. The Morgan fingerprint density at radius 2 is 1.76 bits per heavy atom. The first-order chi connectivity index (χ1) is 11.9. The monoisotopic (exact) mass is 363 g/mol. The van der Waals surface area contributed by atoms with Gasteiger partial charge in [0.15, 0.2) is 0 Å². The van der Waals surface area contributed by atoms with Gasteiger partial charge in [0.1, 0.15) is 0 Å². The third-order valence-corrected chi connectivity index (χ3v) is 4.55. The van der Waals surface area contributed by atoms with Crippen LogP contribution in [0.5, 0.6) is 0 Å². The SMILES string of the molecule is C/C(=N\OC(=O)c1ccc(C(F)(F)F)cc1)c1csc2ccccc12. The molecule has 0 aliphatic heterocycles. The number of rotatable bonds is 3. The Morgan fingerprint density at radius 1 is 1.08 bits per heavy atom. The molecule has 2 aromatic carbocycles. The van der Waals surface area contributed by atoms with Crippen LogP contribution in [0.2, 0.25) is 0 Å². The molecule has 3 nitrogen and oxygen atoms in total. The topological polar surface area (TPSA) is 38.7 Å². The van der Waals surface area contributed by atoms with Crippen molar-refractivity contribution < 1.29 is 22.8 Å². The molecule has 0 saturated carbocycles. The molecule has 128 valence electrons.